The number of nitrogens with one attached hydrogen (secondary N) is 1. The van der Waals surface area contributed by atoms with Crippen molar-refractivity contribution in [1.29, 1.82) is 0 Å². The van der Waals surface area contributed by atoms with Gasteiger partial charge in [0.1, 0.15) is 10.0 Å². The van der Waals surface area contributed by atoms with E-state index in [1.807, 2.05) is 0 Å². The molecule has 1 aromatic rings. The average Bonchev–Trinajstić information content (AvgIpc) is 2.30. The molecule has 0 aromatic carbocycles. The molecule has 0 aliphatic rings. The third kappa shape index (κ3) is 4.04. The molecule has 9 heteroatoms. The molecule has 1 atom stereocenters. The van der Waals surface area contributed by atoms with E-state index in [-0.39, 0.29) is 21.6 Å². The molecular formula is C9H12Cl2N2O4S. The maximum Gasteiger partial charge on any atom is 0.242 e. The molecule has 1 unspecified atom stereocenters. The molecule has 1 heterocycles. The highest BCUT2D eigenvalue weighted by molar-refractivity contribution is 7.89. The summed E-state index contributed by atoms with van der Waals surface area (Å²) in [6.07, 6.45) is 1.05. The molecule has 0 saturated heterocycles. The van der Waals surface area contributed by atoms with Crippen molar-refractivity contribution >= 4 is 33.2 Å². The van der Waals surface area contributed by atoms with Gasteiger partial charge in [-0.15, -0.1) is 0 Å². The number of nitrogens with zero attached hydrogens (tertiary/aromatic N) is 1. The topological polar surface area (TPSA) is 99.5 Å². The van der Waals surface area contributed by atoms with Crippen molar-refractivity contribution in [2.45, 2.75) is 17.4 Å². The highest BCUT2D eigenvalue weighted by Crippen LogP contribution is 2.22. The molecule has 0 spiro atoms. The second kappa shape index (κ2) is 5.68. The van der Waals surface area contributed by atoms with Crippen LogP contribution in [0, 0.1) is 0 Å². The highest BCUT2D eigenvalue weighted by Gasteiger charge is 2.24. The van der Waals surface area contributed by atoms with Crippen LogP contribution in [0.2, 0.25) is 10.2 Å². The molecule has 0 radical (unpaired) electrons. The summed E-state index contributed by atoms with van der Waals surface area (Å²) in [6.45, 7) is 0.379. The van der Waals surface area contributed by atoms with Gasteiger partial charge in [0.05, 0.1) is 17.2 Å². The van der Waals surface area contributed by atoms with Crippen molar-refractivity contribution in [3.63, 3.8) is 0 Å². The van der Waals surface area contributed by atoms with Gasteiger partial charge in [-0.1, -0.05) is 23.2 Å². The predicted octanol–water partition coefficient (Wildman–Crippen LogP) is 0.410. The first-order chi connectivity index (χ1) is 8.18. The quantitative estimate of drug-likeness (QED) is 0.684. The van der Waals surface area contributed by atoms with E-state index in [9.17, 15) is 13.5 Å². The van der Waals surface area contributed by atoms with Crippen molar-refractivity contribution in [2.24, 2.45) is 0 Å². The molecule has 3 N–H and O–H groups in total. The SMILES string of the molecule is CC(O)(CO)CNS(=O)(=O)c1cnc(Cl)c(Cl)c1. The maximum absolute atomic E-state index is 11.8. The van der Waals surface area contributed by atoms with E-state index in [0.717, 1.165) is 12.3 Å². The van der Waals surface area contributed by atoms with Crippen molar-refractivity contribution in [2.75, 3.05) is 13.2 Å². The number of rotatable bonds is 5. The van der Waals surface area contributed by atoms with E-state index < -0.39 is 22.2 Å². The zero-order chi connectivity index (χ0) is 14.0. The third-order valence-corrected chi connectivity index (χ3v) is 4.12. The van der Waals surface area contributed by atoms with E-state index >= 15 is 0 Å². The van der Waals surface area contributed by atoms with Gasteiger partial charge in [-0.2, -0.15) is 0 Å². The fraction of sp³-hybridized carbons (Fsp3) is 0.444. The summed E-state index contributed by atoms with van der Waals surface area (Å²) in [7, 11) is -3.87. The molecular weight excluding hydrogens is 303 g/mol. The van der Waals surface area contributed by atoms with Crippen LogP contribution in [0.25, 0.3) is 0 Å². The second-order valence-corrected chi connectivity index (χ2v) is 6.46. The molecule has 0 fully saturated rings. The fourth-order valence-corrected chi connectivity index (χ4v) is 2.41. The summed E-state index contributed by atoms with van der Waals surface area (Å²) < 4.78 is 25.8. The Balaban J connectivity index is 2.90. The number of hydrogen-bond acceptors (Lipinski definition) is 5. The van der Waals surface area contributed by atoms with Crippen molar-refractivity contribution < 1.29 is 18.6 Å². The van der Waals surface area contributed by atoms with Gasteiger partial charge >= 0.3 is 0 Å². The van der Waals surface area contributed by atoms with Crippen LogP contribution in [0.15, 0.2) is 17.2 Å². The summed E-state index contributed by atoms with van der Waals surface area (Å²) in [5, 5.41) is 18.3. The summed E-state index contributed by atoms with van der Waals surface area (Å²) >= 11 is 11.2. The largest absolute Gasteiger partial charge is 0.393 e. The Bertz CT molecular complexity index is 533. The Labute approximate surface area is 115 Å². The molecule has 1 aromatic heterocycles. The lowest BCUT2D eigenvalue weighted by Gasteiger charge is -2.20. The third-order valence-electron chi connectivity index (χ3n) is 2.07. The summed E-state index contributed by atoms with van der Waals surface area (Å²) in [6, 6.07) is 1.15. The lowest BCUT2D eigenvalue weighted by molar-refractivity contribution is 0.00681. The van der Waals surface area contributed by atoms with Crippen LogP contribution in [0.5, 0.6) is 0 Å². The van der Waals surface area contributed by atoms with Crippen LogP contribution in [-0.2, 0) is 10.0 Å². The molecule has 0 saturated carbocycles. The molecule has 18 heavy (non-hydrogen) atoms. The molecule has 0 aliphatic carbocycles. The molecule has 0 amide bonds. The smallest absolute Gasteiger partial charge is 0.242 e. The van der Waals surface area contributed by atoms with Crippen molar-refractivity contribution in [1.82, 2.24) is 9.71 Å². The Morgan fingerprint density at radius 3 is 2.61 bits per heavy atom. The van der Waals surface area contributed by atoms with E-state index in [2.05, 4.69) is 9.71 Å². The summed E-state index contributed by atoms with van der Waals surface area (Å²) in [5.41, 5.74) is -1.54. The number of hydrogen-bond donors (Lipinski definition) is 3. The van der Waals surface area contributed by atoms with Crippen LogP contribution >= 0.6 is 23.2 Å². The van der Waals surface area contributed by atoms with Crippen LogP contribution in [-0.4, -0.2) is 42.4 Å². The maximum atomic E-state index is 11.8. The molecule has 1 rings (SSSR count). The number of sulfonamides is 1. The van der Waals surface area contributed by atoms with Crippen LogP contribution in [0.4, 0.5) is 0 Å². The first kappa shape index (κ1) is 15.6. The number of aliphatic hydroxyl groups excluding tert-OH is 1. The number of aliphatic hydroxyl groups is 2. The highest BCUT2D eigenvalue weighted by atomic mass is 35.5. The number of pyridine rings is 1. The van der Waals surface area contributed by atoms with Gasteiger partial charge in [0, 0.05) is 12.7 Å². The zero-order valence-corrected chi connectivity index (χ0v) is 11.7. The number of aromatic nitrogens is 1. The van der Waals surface area contributed by atoms with E-state index in [1.165, 1.54) is 6.92 Å². The zero-order valence-electron chi connectivity index (χ0n) is 9.39. The summed E-state index contributed by atoms with van der Waals surface area (Å²) in [4.78, 5) is 3.44. The Hall–Kier alpha value is -0.440. The van der Waals surface area contributed by atoms with Gasteiger partial charge in [-0.25, -0.2) is 18.1 Å². The Morgan fingerprint density at radius 1 is 1.50 bits per heavy atom. The number of halogens is 2. The standard InChI is InChI=1S/C9H12Cl2N2O4S/c1-9(15,5-14)4-13-18(16,17)6-2-7(10)8(11)12-3-6/h2-3,13-15H,4-5H2,1H3. The second-order valence-electron chi connectivity index (χ2n) is 3.92. The van der Waals surface area contributed by atoms with Gasteiger partial charge in [0.2, 0.25) is 10.0 Å². The monoisotopic (exact) mass is 314 g/mol. The van der Waals surface area contributed by atoms with Crippen LogP contribution in [0.3, 0.4) is 0 Å². The Kier molecular flexibility index (Phi) is 4.93. The molecule has 6 nitrogen and oxygen atoms in total. The van der Waals surface area contributed by atoms with E-state index in [0.29, 0.717) is 0 Å². The van der Waals surface area contributed by atoms with Crippen LogP contribution in [0.1, 0.15) is 6.92 Å². The van der Waals surface area contributed by atoms with E-state index in [4.69, 9.17) is 28.3 Å². The normalized spacial score (nSPS) is 15.4. The van der Waals surface area contributed by atoms with Gasteiger partial charge in [-0.3, -0.25) is 0 Å². The predicted molar refractivity (Wildman–Crippen MR) is 67.2 cm³/mol. The summed E-state index contributed by atoms with van der Waals surface area (Å²) in [5.74, 6) is 0. The average molecular weight is 315 g/mol. The van der Waals surface area contributed by atoms with E-state index in [1.54, 1.807) is 0 Å². The molecule has 0 bridgehead atoms. The van der Waals surface area contributed by atoms with Gasteiger partial charge < -0.3 is 10.2 Å². The fourth-order valence-electron chi connectivity index (χ4n) is 0.940. The minimum atomic E-state index is -3.87. The first-order valence-electron chi connectivity index (χ1n) is 4.82. The van der Waals surface area contributed by atoms with Crippen LogP contribution < -0.4 is 4.72 Å². The molecule has 102 valence electrons. The van der Waals surface area contributed by atoms with Gasteiger partial charge in [-0.05, 0) is 13.0 Å². The van der Waals surface area contributed by atoms with Gasteiger partial charge in [0.25, 0.3) is 0 Å². The lowest BCUT2D eigenvalue weighted by atomic mass is 10.1. The minimum Gasteiger partial charge on any atom is -0.393 e. The lowest BCUT2D eigenvalue weighted by Crippen LogP contribution is -2.43. The minimum absolute atomic E-state index is 0.00188. The van der Waals surface area contributed by atoms with Crippen molar-refractivity contribution in [3.05, 3.63) is 22.4 Å². The Morgan fingerprint density at radius 2 is 2.11 bits per heavy atom. The first-order valence-corrected chi connectivity index (χ1v) is 7.06. The van der Waals surface area contributed by atoms with Crippen molar-refractivity contribution in [3.8, 4) is 0 Å². The molecule has 0 aliphatic heterocycles. The van der Waals surface area contributed by atoms with Gasteiger partial charge in [0.15, 0.2) is 0 Å².